The van der Waals surface area contributed by atoms with Gasteiger partial charge < -0.3 is 10.1 Å². The summed E-state index contributed by atoms with van der Waals surface area (Å²) < 4.78 is 13.0. The number of carbonyl (C=O) groups excluding carboxylic acids is 1. The number of carbonyl (C=O) groups is 1. The summed E-state index contributed by atoms with van der Waals surface area (Å²) in [4.78, 5) is 17.0. The zero-order valence-electron chi connectivity index (χ0n) is 7.57. The van der Waals surface area contributed by atoms with Gasteiger partial charge in [0.15, 0.2) is 17.9 Å². The van der Waals surface area contributed by atoms with Crippen molar-refractivity contribution in [3.8, 4) is 17.1 Å². The first-order valence-electron chi connectivity index (χ1n) is 4.20. The molecule has 0 aliphatic carbocycles. The van der Waals surface area contributed by atoms with Gasteiger partial charge in [-0.3, -0.25) is 4.79 Å². The molecular weight excluding hydrogens is 199 g/mol. The molecule has 0 saturated heterocycles. The van der Waals surface area contributed by atoms with E-state index >= 15 is 0 Å². The van der Waals surface area contributed by atoms with Gasteiger partial charge in [0.25, 0.3) is 0 Å². The Morgan fingerprint density at radius 1 is 1.47 bits per heavy atom. The van der Waals surface area contributed by atoms with Gasteiger partial charge in [-0.25, -0.2) is 9.37 Å². The second-order valence-corrected chi connectivity index (χ2v) is 2.97. The molecular formula is C10H7FN2O2. The molecule has 0 fully saturated rings. The fraction of sp³-hybridized carbons (Fsp3) is 0. The molecule has 0 spiro atoms. The lowest BCUT2D eigenvalue weighted by molar-refractivity contribution is 0.111. The maximum Gasteiger partial charge on any atom is 0.167 e. The molecule has 0 bridgehead atoms. The molecule has 0 radical (unpaired) electrons. The average Bonchev–Trinajstić information content (AvgIpc) is 2.70. The number of halogens is 1. The highest BCUT2D eigenvalue weighted by atomic mass is 19.1. The fourth-order valence-corrected chi connectivity index (χ4v) is 1.20. The quantitative estimate of drug-likeness (QED) is 0.735. The van der Waals surface area contributed by atoms with Crippen molar-refractivity contribution < 1.29 is 14.3 Å². The minimum absolute atomic E-state index is 0.318. The van der Waals surface area contributed by atoms with Crippen LogP contribution in [0.25, 0.3) is 11.4 Å². The molecule has 15 heavy (non-hydrogen) atoms. The third-order valence-electron chi connectivity index (χ3n) is 1.94. The number of hydrogen-bond acceptors (Lipinski definition) is 3. The highest BCUT2D eigenvalue weighted by molar-refractivity contribution is 5.73. The first-order chi connectivity index (χ1) is 7.20. The summed E-state index contributed by atoms with van der Waals surface area (Å²) in [5.74, 6) is -0.756. The molecule has 5 heteroatoms. The van der Waals surface area contributed by atoms with Gasteiger partial charge in [0.05, 0.1) is 11.9 Å². The van der Waals surface area contributed by atoms with Crippen LogP contribution in [0.3, 0.4) is 0 Å². The number of aromatic amines is 1. The van der Waals surface area contributed by atoms with E-state index in [2.05, 4.69) is 9.97 Å². The van der Waals surface area contributed by atoms with Gasteiger partial charge in [-0.15, -0.1) is 0 Å². The zero-order valence-corrected chi connectivity index (χ0v) is 7.57. The Kier molecular flexibility index (Phi) is 2.21. The first-order valence-corrected chi connectivity index (χ1v) is 4.20. The summed E-state index contributed by atoms with van der Waals surface area (Å²) in [7, 11) is 0. The van der Waals surface area contributed by atoms with Crippen LogP contribution in [0.1, 0.15) is 10.5 Å². The summed E-state index contributed by atoms with van der Waals surface area (Å²) >= 11 is 0. The maximum absolute atomic E-state index is 13.0. The molecule has 0 aliphatic rings. The largest absolute Gasteiger partial charge is 0.505 e. The van der Waals surface area contributed by atoms with Crippen LogP contribution in [0.5, 0.6) is 5.75 Å². The van der Waals surface area contributed by atoms with Gasteiger partial charge in [0.1, 0.15) is 5.82 Å². The number of benzene rings is 1. The monoisotopic (exact) mass is 206 g/mol. The second kappa shape index (κ2) is 3.53. The number of hydrogen-bond donors (Lipinski definition) is 2. The van der Waals surface area contributed by atoms with E-state index in [0.717, 1.165) is 6.07 Å². The number of rotatable bonds is 2. The molecule has 2 rings (SSSR count). The van der Waals surface area contributed by atoms with Crippen LogP contribution >= 0.6 is 0 Å². The number of phenolic OH excluding ortho intramolecular Hbond substituents is 1. The van der Waals surface area contributed by atoms with Crippen LogP contribution in [-0.2, 0) is 0 Å². The molecule has 4 nitrogen and oxygen atoms in total. The van der Waals surface area contributed by atoms with Crippen LogP contribution in [-0.4, -0.2) is 21.4 Å². The normalized spacial score (nSPS) is 10.2. The van der Waals surface area contributed by atoms with Crippen LogP contribution in [0, 0.1) is 5.82 Å². The predicted octanol–water partition coefficient (Wildman–Crippen LogP) is 1.73. The number of aldehydes is 1. The van der Waals surface area contributed by atoms with Crippen LogP contribution in [0.15, 0.2) is 24.4 Å². The summed E-state index contributed by atoms with van der Waals surface area (Å²) in [6.07, 6.45) is 1.97. The van der Waals surface area contributed by atoms with Crippen molar-refractivity contribution in [3.05, 3.63) is 35.9 Å². The summed E-state index contributed by atoms with van der Waals surface area (Å²) in [6, 6.07) is 3.88. The van der Waals surface area contributed by atoms with E-state index in [-0.39, 0.29) is 0 Å². The van der Waals surface area contributed by atoms with Crippen molar-refractivity contribution in [1.29, 1.82) is 0 Å². The third kappa shape index (κ3) is 1.71. The molecule has 1 aromatic carbocycles. The number of H-pyrrole nitrogens is 1. The molecule has 2 N–H and O–H groups in total. The summed E-state index contributed by atoms with van der Waals surface area (Å²) in [5.41, 5.74) is 0.789. The van der Waals surface area contributed by atoms with Gasteiger partial charge in [0.2, 0.25) is 0 Å². The van der Waals surface area contributed by atoms with Crippen molar-refractivity contribution in [2.45, 2.75) is 0 Å². The summed E-state index contributed by atoms with van der Waals surface area (Å²) in [6.45, 7) is 0. The number of nitrogens with zero attached hydrogens (tertiary/aromatic N) is 1. The van der Waals surface area contributed by atoms with E-state index in [1.807, 2.05) is 0 Å². The van der Waals surface area contributed by atoms with E-state index in [1.54, 1.807) is 0 Å². The van der Waals surface area contributed by atoms with Crippen molar-refractivity contribution >= 4 is 6.29 Å². The van der Waals surface area contributed by atoms with Crippen LogP contribution < -0.4 is 0 Å². The third-order valence-corrected chi connectivity index (χ3v) is 1.94. The maximum atomic E-state index is 13.0. The number of aromatic nitrogens is 2. The molecule has 1 heterocycles. The Balaban J connectivity index is 2.44. The van der Waals surface area contributed by atoms with E-state index in [0.29, 0.717) is 23.4 Å². The first kappa shape index (κ1) is 9.39. The molecule has 1 aromatic heterocycles. The number of phenols is 1. The minimum Gasteiger partial charge on any atom is -0.505 e. The lowest BCUT2D eigenvalue weighted by Crippen LogP contribution is -1.84. The van der Waals surface area contributed by atoms with E-state index in [1.165, 1.54) is 18.3 Å². The van der Waals surface area contributed by atoms with Crippen molar-refractivity contribution in [3.63, 3.8) is 0 Å². The molecule has 0 saturated carbocycles. The van der Waals surface area contributed by atoms with Crippen molar-refractivity contribution in [2.24, 2.45) is 0 Å². The van der Waals surface area contributed by atoms with Crippen molar-refractivity contribution in [1.82, 2.24) is 9.97 Å². The van der Waals surface area contributed by atoms with Crippen molar-refractivity contribution in [2.75, 3.05) is 0 Å². The number of imidazole rings is 1. The zero-order chi connectivity index (χ0) is 10.8. The Hall–Kier alpha value is -2.17. The number of aromatic hydroxyl groups is 1. The number of nitrogens with one attached hydrogen (secondary N) is 1. The second-order valence-electron chi connectivity index (χ2n) is 2.97. The molecule has 0 amide bonds. The standard InChI is InChI=1S/C10H7FN2O2/c11-8-3-6(1-2-9(8)15)10-12-4-7(5-14)13-10/h1-5,15H,(H,12,13). The highest BCUT2D eigenvalue weighted by Crippen LogP contribution is 2.22. The fourth-order valence-electron chi connectivity index (χ4n) is 1.20. The molecule has 0 unspecified atom stereocenters. The van der Waals surface area contributed by atoms with Crippen LogP contribution in [0.4, 0.5) is 4.39 Å². The Bertz CT molecular complexity index is 508. The smallest absolute Gasteiger partial charge is 0.167 e. The van der Waals surface area contributed by atoms with Crippen LogP contribution in [0.2, 0.25) is 0 Å². The highest BCUT2D eigenvalue weighted by Gasteiger charge is 2.06. The lowest BCUT2D eigenvalue weighted by Gasteiger charge is -1.98. The Morgan fingerprint density at radius 3 is 2.87 bits per heavy atom. The van der Waals surface area contributed by atoms with Gasteiger partial charge >= 0.3 is 0 Å². The predicted molar refractivity (Wildman–Crippen MR) is 51.0 cm³/mol. The van der Waals surface area contributed by atoms with Gasteiger partial charge in [-0.1, -0.05) is 0 Å². The Labute approximate surface area is 84.4 Å². The summed E-state index contributed by atoms with van der Waals surface area (Å²) in [5, 5.41) is 8.98. The molecule has 2 aromatic rings. The minimum atomic E-state index is -0.725. The van der Waals surface area contributed by atoms with E-state index in [9.17, 15) is 9.18 Å². The van der Waals surface area contributed by atoms with E-state index < -0.39 is 11.6 Å². The topological polar surface area (TPSA) is 66.0 Å². The lowest BCUT2D eigenvalue weighted by atomic mass is 10.2. The average molecular weight is 206 g/mol. The molecule has 0 atom stereocenters. The van der Waals surface area contributed by atoms with Gasteiger partial charge in [0, 0.05) is 5.56 Å². The molecule has 76 valence electrons. The molecule has 0 aliphatic heterocycles. The van der Waals surface area contributed by atoms with Gasteiger partial charge in [-0.05, 0) is 18.2 Å². The Morgan fingerprint density at radius 2 is 2.27 bits per heavy atom. The van der Waals surface area contributed by atoms with E-state index in [4.69, 9.17) is 5.11 Å². The van der Waals surface area contributed by atoms with Gasteiger partial charge in [-0.2, -0.15) is 0 Å². The SMILES string of the molecule is O=Cc1cnc(-c2ccc(O)c(F)c2)[nH]1.